The number of hydrogen-bond acceptors (Lipinski definition) is 4. The lowest BCUT2D eigenvalue weighted by Crippen LogP contribution is -2.39. The predicted molar refractivity (Wildman–Crippen MR) is 113 cm³/mol. The molecule has 3 N–H and O–H groups in total. The first-order valence-electron chi connectivity index (χ1n) is 9.10. The number of rotatable bonds is 14. The first-order valence-corrected chi connectivity index (χ1v) is 9.10. The van der Waals surface area contributed by atoms with E-state index in [1.807, 2.05) is 19.1 Å². The van der Waals surface area contributed by atoms with Crippen molar-refractivity contribution in [3.05, 3.63) is 24.2 Å². The number of nitrogens with zero attached hydrogens (tertiary/aromatic N) is 1. The Labute approximate surface area is 168 Å². The summed E-state index contributed by atoms with van der Waals surface area (Å²) in [5.41, 5.74) is 0. The molecule has 0 amide bonds. The molecule has 6 nitrogen and oxygen atoms in total. The van der Waals surface area contributed by atoms with Crippen LogP contribution in [-0.2, 0) is 11.2 Å². The quantitative estimate of drug-likeness (QED) is 0.170. The van der Waals surface area contributed by atoms with Gasteiger partial charge in [0.1, 0.15) is 5.76 Å². The highest BCUT2D eigenvalue weighted by Crippen LogP contribution is 2.00. The van der Waals surface area contributed by atoms with Crippen molar-refractivity contribution < 1.29 is 14.3 Å². The molecule has 25 heavy (non-hydrogen) atoms. The van der Waals surface area contributed by atoms with Crippen molar-refractivity contribution in [3.8, 4) is 0 Å². The van der Waals surface area contributed by atoms with Crippen LogP contribution in [0.5, 0.6) is 0 Å². The van der Waals surface area contributed by atoms with Crippen LogP contribution in [-0.4, -0.2) is 50.5 Å². The second-order valence-electron chi connectivity index (χ2n) is 5.60. The monoisotopic (exact) mass is 467 g/mol. The third-order valence-electron chi connectivity index (χ3n) is 3.54. The first-order chi connectivity index (χ1) is 11.9. The van der Waals surface area contributed by atoms with E-state index in [4.69, 9.17) is 14.3 Å². The molecule has 1 heterocycles. The molecule has 1 rings (SSSR count). The smallest absolute Gasteiger partial charge is 0.191 e. The molecule has 1 aromatic rings. The van der Waals surface area contributed by atoms with Crippen LogP contribution < -0.4 is 10.6 Å². The maximum Gasteiger partial charge on any atom is 0.191 e. The molecule has 0 aliphatic rings. The summed E-state index contributed by atoms with van der Waals surface area (Å²) in [6.07, 6.45) is 7.63. The second-order valence-corrected chi connectivity index (χ2v) is 5.60. The second kappa shape index (κ2) is 18.0. The van der Waals surface area contributed by atoms with Crippen LogP contribution in [0.25, 0.3) is 0 Å². The van der Waals surface area contributed by atoms with Gasteiger partial charge in [-0.2, -0.15) is 0 Å². The van der Waals surface area contributed by atoms with Gasteiger partial charge in [-0.25, -0.2) is 0 Å². The van der Waals surface area contributed by atoms with Crippen molar-refractivity contribution in [1.82, 2.24) is 10.6 Å². The van der Waals surface area contributed by atoms with Gasteiger partial charge in [0.25, 0.3) is 0 Å². The molecule has 0 aliphatic heterocycles. The SMILES string of the molecule is CCOCCCN=C(NCCCCCCO)NCCc1ccco1.I. The summed E-state index contributed by atoms with van der Waals surface area (Å²) >= 11 is 0. The van der Waals surface area contributed by atoms with Gasteiger partial charge in [-0.05, 0) is 38.3 Å². The topological polar surface area (TPSA) is 79.0 Å². The number of aliphatic hydroxyl groups excluding tert-OH is 1. The Morgan fingerprint density at radius 1 is 1.16 bits per heavy atom. The lowest BCUT2D eigenvalue weighted by Gasteiger charge is -2.12. The Kier molecular flexibility index (Phi) is 17.4. The van der Waals surface area contributed by atoms with E-state index in [0.29, 0.717) is 0 Å². The lowest BCUT2D eigenvalue weighted by atomic mass is 10.2. The molecular weight excluding hydrogens is 433 g/mol. The van der Waals surface area contributed by atoms with Gasteiger partial charge >= 0.3 is 0 Å². The molecule has 0 saturated heterocycles. The van der Waals surface area contributed by atoms with Gasteiger partial charge in [-0.3, -0.25) is 4.99 Å². The average molecular weight is 467 g/mol. The molecule has 0 spiro atoms. The molecular formula is C18H34IN3O3. The Hall–Kier alpha value is -0.800. The fraction of sp³-hybridized carbons (Fsp3) is 0.722. The Bertz CT molecular complexity index is 414. The molecule has 0 radical (unpaired) electrons. The normalized spacial score (nSPS) is 11.2. The van der Waals surface area contributed by atoms with E-state index in [0.717, 1.165) is 83.1 Å². The van der Waals surface area contributed by atoms with Crippen molar-refractivity contribution in [3.63, 3.8) is 0 Å². The molecule has 7 heteroatoms. The zero-order valence-corrected chi connectivity index (χ0v) is 17.7. The van der Waals surface area contributed by atoms with Crippen LogP contribution >= 0.6 is 24.0 Å². The average Bonchev–Trinajstić information content (AvgIpc) is 3.10. The van der Waals surface area contributed by atoms with Crippen LogP contribution in [0.1, 0.15) is 44.8 Å². The highest BCUT2D eigenvalue weighted by atomic mass is 127. The first kappa shape index (κ1) is 24.2. The molecule has 0 fully saturated rings. The van der Waals surface area contributed by atoms with Crippen molar-refractivity contribution in [2.24, 2.45) is 4.99 Å². The van der Waals surface area contributed by atoms with Gasteiger partial charge in [0, 0.05) is 45.9 Å². The number of hydrogen-bond donors (Lipinski definition) is 3. The summed E-state index contributed by atoms with van der Waals surface area (Å²) in [5.74, 6) is 1.82. The third-order valence-corrected chi connectivity index (χ3v) is 3.54. The number of unbranched alkanes of at least 4 members (excludes halogenated alkanes) is 3. The summed E-state index contributed by atoms with van der Waals surface area (Å²) in [5, 5.41) is 15.5. The van der Waals surface area contributed by atoms with Crippen LogP contribution in [0.4, 0.5) is 0 Å². The Morgan fingerprint density at radius 3 is 2.68 bits per heavy atom. The fourth-order valence-corrected chi connectivity index (χ4v) is 2.23. The molecule has 0 aromatic carbocycles. The van der Waals surface area contributed by atoms with Gasteiger partial charge in [-0.1, -0.05) is 12.8 Å². The zero-order valence-electron chi connectivity index (χ0n) is 15.3. The van der Waals surface area contributed by atoms with E-state index in [1.54, 1.807) is 6.26 Å². The summed E-state index contributed by atoms with van der Waals surface area (Å²) in [7, 11) is 0. The largest absolute Gasteiger partial charge is 0.469 e. The minimum atomic E-state index is 0. The minimum absolute atomic E-state index is 0. The number of guanidine groups is 1. The molecule has 1 aromatic heterocycles. The van der Waals surface area contributed by atoms with E-state index < -0.39 is 0 Å². The standard InChI is InChI=1S/C18H33N3O3.HI/c1-2-23-15-8-12-20-18(19-11-5-3-4-6-14-22)21-13-10-17-9-7-16-24-17;/h7,9,16,22H,2-6,8,10-15H2,1H3,(H2,19,20,21);1H. The van der Waals surface area contributed by atoms with Gasteiger partial charge in [0.2, 0.25) is 0 Å². The number of furan rings is 1. The van der Waals surface area contributed by atoms with E-state index in [-0.39, 0.29) is 30.6 Å². The third kappa shape index (κ3) is 14.1. The summed E-state index contributed by atoms with van der Waals surface area (Å²) < 4.78 is 10.7. The summed E-state index contributed by atoms with van der Waals surface area (Å²) in [6.45, 7) is 6.22. The molecule has 0 aliphatic carbocycles. The van der Waals surface area contributed by atoms with Crippen LogP contribution in [0.3, 0.4) is 0 Å². The maximum absolute atomic E-state index is 8.78. The summed E-state index contributed by atoms with van der Waals surface area (Å²) in [6, 6.07) is 3.89. The van der Waals surface area contributed by atoms with E-state index in [9.17, 15) is 0 Å². The number of aliphatic hydroxyl groups is 1. The fourth-order valence-electron chi connectivity index (χ4n) is 2.23. The number of ether oxygens (including phenoxy) is 1. The molecule has 146 valence electrons. The van der Waals surface area contributed by atoms with E-state index >= 15 is 0 Å². The number of halogens is 1. The minimum Gasteiger partial charge on any atom is -0.469 e. The van der Waals surface area contributed by atoms with Gasteiger partial charge in [-0.15, -0.1) is 24.0 Å². The highest BCUT2D eigenvalue weighted by Gasteiger charge is 2.00. The van der Waals surface area contributed by atoms with Crippen LogP contribution in [0, 0.1) is 0 Å². The number of aliphatic imine (C=N–C) groups is 1. The number of nitrogens with one attached hydrogen (secondary N) is 2. The Balaban J connectivity index is 0.00000576. The Morgan fingerprint density at radius 2 is 1.96 bits per heavy atom. The van der Waals surface area contributed by atoms with Crippen molar-refractivity contribution in [2.45, 2.75) is 45.4 Å². The van der Waals surface area contributed by atoms with Crippen molar-refractivity contribution in [2.75, 3.05) is 39.5 Å². The zero-order chi connectivity index (χ0) is 17.3. The van der Waals surface area contributed by atoms with Gasteiger partial charge in [0.05, 0.1) is 6.26 Å². The predicted octanol–water partition coefficient (Wildman–Crippen LogP) is 2.95. The molecule has 0 saturated carbocycles. The van der Waals surface area contributed by atoms with Crippen molar-refractivity contribution in [1.29, 1.82) is 0 Å². The lowest BCUT2D eigenvalue weighted by molar-refractivity contribution is 0.146. The molecule has 0 atom stereocenters. The highest BCUT2D eigenvalue weighted by molar-refractivity contribution is 14.0. The molecule has 0 bridgehead atoms. The van der Waals surface area contributed by atoms with Gasteiger partial charge < -0.3 is 24.9 Å². The van der Waals surface area contributed by atoms with Crippen LogP contribution in [0.15, 0.2) is 27.8 Å². The van der Waals surface area contributed by atoms with Crippen molar-refractivity contribution >= 4 is 29.9 Å². The molecule has 0 unspecified atom stereocenters. The van der Waals surface area contributed by atoms with E-state index in [1.165, 1.54) is 0 Å². The van der Waals surface area contributed by atoms with Gasteiger partial charge in [0.15, 0.2) is 5.96 Å². The maximum atomic E-state index is 8.78. The summed E-state index contributed by atoms with van der Waals surface area (Å²) in [4.78, 5) is 4.59. The van der Waals surface area contributed by atoms with Crippen LogP contribution in [0.2, 0.25) is 0 Å². The van der Waals surface area contributed by atoms with E-state index in [2.05, 4.69) is 15.6 Å².